The SMILES string of the molecule is CC(c1cccs1)N(C)Cc1ccc(C#CCO)s1. The van der Waals surface area contributed by atoms with Gasteiger partial charge in [-0.2, -0.15) is 0 Å². The molecule has 0 aromatic carbocycles. The summed E-state index contributed by atoms with van der Waals surface area (Å²) < 4.78 is 0. The Morgan fingerprint density at radius 3 is 2.89 bits per heavy atom. The minimum Gasteiger partial charge on any atom is -0.384 e. The largest absolute Gasteiger partial charge is 0.384 e. The summed E-state index contributed by atoms with van der Waals surface area (Å²) in [5.74, 6) is 5.63. The highest BCUT2D eigenvalue weighted by Crippen LogP contribution is 2.26. The summed E-state index contributed by atoms with van der Waals surface area (Å²) in [5.41, 5.74) is 0. The average molecular weight is 291 g/mol. The zero-order chi connectivity index (χ0) is 13.7. The Kier molecular flexibility index (Phi) is 5.17. The number of aliphatic hydroxyl groups excluding tert-OH is 1. The molecule has 2 aromatic rings. The molecule has 2 heterocycles. The third kappa shape index (κ3) is 3.92. The van der Waals surface area contributed by atoms with Crippen LogP contribution in [0.1, 0.15) is 27.6 Å². The van der Waals surface area contributed by atoms with Crippen molar-refractivity contribution in [1.82, 2.24) is 4.90 Å². The molecule has 2 nitrogen and oxygen atoms in total. The number of nitrogens with zero attached hydrogens (tertiary/aromatic N) is 1. The van der Waals surface area contributed by atoms with Crippen LogP contribution in [-0.2, 0) is 6.54 Å². The van der Waals surface area contributed by atoms with E-state index in [0.717, 1.165) is 11.4 Å². The highest BCUT2D eigenvalue weighted by molar-refractivity contribution is 7.12. The van der Waals surface area contributed by atoms with Gasteiger partial charge in [0.2, 0.25) is 0 Å². The standard InChI is InChI=1S/C15H17NOS2/c1-12(15-6-4-10-18-15)16(2)11-14-8-7-13(19-14)5-3-9-17/h4,6-8,10,12,17H,9,11H2,1-2H3. The van der Waals surface area contributed by atoms with Gasteiger partial charge in [-0.3, -0.25) is 4.90 Å². The van der Waals surface area contributed by atoms with E-state index >= 15 is 0 Å². The lowest BCUT2D eigenvalue weighted by Gasteiger charge is -2.22. The highest BCUT2D eigenvalue weighted by atomic mass is 32.1. The van der Waals surface area contributed by atoms with Gasteiger partial charge >= 0.3 is 0 Å². The first-order valence-electron chi connectivity index (χ1n) is 6.13. The van der Waals surface area contributed by atoms with Gasteiger partial charge in [-0.25, -0.2) is 0 Å². The van der Waals surface area contributed by atoms with Crippen molar-refractivity contribution in [3.05, 3.63) is 44.3 Å². The maximum Gasteiger partial charge on any atom is 0.104 e. The molecule has 0 saturated carbocycles. The van der Waals surface area contributed by atoms with Gasteiger partial charge in [0.1, 0.15) is 6.61 Å². The van der Waals surface area contributed by atoms with Crippen molar-refractivity contribution in [3.8, 4) is 11.8 Å². The molecule has 1 unspecified atom stereocenters. The third-order valence-corrected chi connectivity index (χ3v) is 5.00. The molecule has 2 rings (SSSR count). The number of hydrogen-bond donors (Lipinski definition) is 1. The number of aliphatic hydroxyl groups is 1. The van der Waals surface area contributed by atoms with Gasteiger partial charge in [0.25, 0.3) is 0 Å². The van der Waals surface area contributed by atoms with E-state index in [1.165, 1.54) is 9.75 Å². The molecule has 100 valence electrons. The van der Waals surface area contributed by atoms with Crippen LogP contribution in [0.4, 0.5) is 0 Å². The van der Waals surface area contributed by atoms with Crippen LogP contribution in [0, 0.1) is 11.8 Å². The molecule has 1 atom stereocenters. The fourth-order valence-electron chi connectivity index (χ4n) is 1.79. The molecule has 0 aliphatic rings. The van der Waals surface area contributed by atoms with Crippen LogP contribution in [0.5, 0.6) is 0 Å². The van der Waals surface area contributed by atoms with Crippen LogP contribution >= 0.6 is 22.7 Å². The molecule has 0 aliphatic heterocycles. The minimum absolute atomic E-state index is 0.0808. The Labute approximate surface area is 122 Å². The molecule has 0 spiro atoms. The molecule has 1 N–H and O–H groups in total. The molecule has 0 fully saturated rings. The summed E-state index contributed by atoms with van der Waals surface area (Å²) >= 11 is 3.49. The maximum absolute atomic E-state index is 8.68. The Hall–Kier alpha value is -1.12. The van der Waals surface area contributed by atoms with Gasteiger partial charge in [-0.05, 0) is 37.6 Å². The van der Waals surface area contributed by atoms with Gasteiger partial charge in [0, 0.05) is 22.3 Å². The first-order chi connectivity index (χ1) is 9.20. The predicted molar refractivity (Wildman–Crippen MR) is 82.5 cm³/mol. The molecule has 0 amide bonds. The summed E-state index contributed by atoms with van der Waals surface area (Å²) in [4.78, 5) is 6.04. The lowest BCUT2D eigenvalue weighted by Crippen LogP contribution is -2.20. The summed E-state index contributed by atoms with van der Waals surface area (Å²) in [6.45, 7) is 3.07. The van der Waals surface area contributed by atoms with Crippen LogP contribution in [0.15, 0.2) is 29.6 Å². The molecule has 0 saturated heterocycles. The number of thiophene rings is 2. The summed E-state index contributed by atoms with van der Waals surface area (Å²) in [6.07, 6.45) is 0. The first kappa shape index (κ1) is 14.3. The van der Waals surface area contributed by atoms with Crippen molar-refractivity contribution in [2.45, 2.75) is 19.5 Å². The van der Waals surface area contributed by atoms with Crippen molar-refractivity contribution >= 4 is 22.7 Å². The zero-order valence-corrected chi connectivity index (χ0v) is 12.7. The molecular weight excluding hydrogens is 274 g/mol. The molecule has 19 heavy (non-hydrogen) atoms. The van der Waals surface area contributed by atoms with E-state index in [2.05, 4.69) is 54.3 Å². The fraction of sp³-hybridized carbons (Fsp3) is 0.333. The van der Waals surface area contributed by atoms with Crippen LogP contribution in [0.3, 0.4) is 0 Å². The lowest BCUT2D eigenvalue weighted by atomic mass is 10.2. The van der Waals surface area contributed by atoms with Crippen molar-refractivity contribution in [2.75, 3.05) is 13.7 Å². The van der Waals surface area contributed by atoms with Crippen LogP contribution in [0.2, 0.25) is 0 Å². The Bertz CT molecular complexity index is 562. The van der Waals surface area contributed by atoms with E-state index in [4.69, 9.17) is 5.11 Å². The second-order valence-corrected chi connectivity index (χ2v) is 6.48. The predicted octanol–water partition coefficient (Wildman–Crippen LogP) is 3.35. The van der Waals surface area contributed by atoms with Crippen LogP contribution < -0.4 is 0 Å². The third-order valence-electron chi connectivity index (χ3n) is 2.97. The van der Waals surface area contributed by atoms with E-state index in [1.54, 1.807) is 22.7 Å². The summed E-state index contributed by atoms with van der Waals surface area (Å²) in [7, 11) is 2.14. The second kappa shape index (κ2) is 6.88. The highest BCUT2D eigenvalue weighted by Gasteiger charge is 2.13. The monoisotopic (exact) mass is 291 g/mol. The van der Waals surface area contributed by atoms with Gasteiger partial charge in [-0.1, -0.05) is 17.9 Å². The molecule has 0 aliphatic carbocycles. The number of rotatable bonds is 4. The van der Waals surface area contributed by atoms with Gasteiger partial charge in [0.15, 0.2) is 0 Å². The Morgan fingerprint density at radius 2 is 2.21 bits per heavy atom. The lowest BCUT2D eigenvalue weighted by molar-refractivity contribution is 0.259. The minimum atomic E-state index is -0.0808. The molecular formula is C15H17NOS2. The van der Waals surface area contributed by atoms with Gasteiger partial charge in [-0.15, -0.1) is 22.7 Å². The van der Waals surface area contributed by atoms with Gasteiger partial charge < -0.3 is 5.11 Å². The van der Waals surface area contributed by atoms with E-state index in [0.29, 0.717) is 6.04 Å². The Balaban J connectivity index is 1.98. The van der Waals surface area contributed by atoms with Crippen molar-refractivity contribution < 1.29 is 5.11 Å². The Morgan fingerprint density at radius 1 is 1.37 bits per heavy atom. The smallest absolute Gasteiger partial charge is 0.104 e. The molecule has 0 bridgehead atoms. The first-order valence-corrected chi connectivity index (χ1v) is 7.82. The van der Waals surface area contributed by atoms with Crippen LogP contribution in [0.25, 0.3) is 0 Å². The molecule has 2 aromatic heterocycles. The summed E-state index contributed by atoms with van der Waals surface area (Å²) in [6, 6.07) is 8.83. The maximum atomic E-state index is 8.68. The zero-order valence-electron chi connectivity index (χ0n) is 11.1. The quantitative estimate of drug-likeness (QED) is 0.873. The van der Waals surface area contributed by atoms with E-state index < -0.39 is 0 Å². The molecule has 0 radical (unpaired) electrons. The molecule has 4 heteroatoms. The average Bonchev–Trinajstić information content (AvgIpc) is 3.06. The summed E-state index contributed by atoms with van der Waals surface area (Å²) in [5, 5.41) is 10.8. The van der Waals surface area contributed by atoms with E-state index in [1.807, 2.05) is 6.07 Å². The van der Waals surface area contributed by atoms with Crippen molar-refractivity contribution in [1.29, 1.82) is 0 Å². The topological polar surface area (TPSA) is 23.5 Å². The normalized spacial score (nSPS) is 12.2. The van der Waals surface area contributed by atoms with Crippen molar-refractivity contribution in [3.63, 3.8) is 0 Å². The van der Waals surface area contributed by atoms with Crippen molar-refractivity contribution in [2.24, 2.45) is 0 Å². The fourth-order valence-corrected chi connectivity index (χ4v) is 3.58. The van der Waals surface area contributed by atoms with E-state index in [-0.39, 0.29) is 6.61 Å². The second-order valence-electron chi connectivity index (χ2n) is 4.33. The number of hydrogen-bond acceptors (Lipinski definition) is 4. The van der Waals surface area contributed by atoms with Gasteiger partial charge in [0.05, 0.1) is 4.88 Å². The van der Waals surface area contributed by atoms with E-state index in [9.17, 15) is 0 Å². The van der Waals surface area contributed by atoms with Crippen LogP contribution in [-0.4, -0.2) is 23.7 Å².